The molecule has 0 unspecified atom stereocenters. The van der Waals surface area contributed by atoms with Crippen molar-refractivity contribution in [2.75, 3.05) is 26.5 Å². The van der Waals surface area contributed by atoms with Gasteiger partial charge in [0.15, 0.2) is 0 Å². The zero-order valence-electron chi connectivity index (χ0n) is 17.6. The molecule has 0 spiro atoms. The van der Waals surface area contributed by atoms with E-state index in [4.69, 9.17) is 0 Å². The van der Waals surface area contributed by atoms with Crippen LogP contribution in [0.1, 0.15) is 28.7 Å². The Morgan fingerprint density at radius 3 is 2.52 bits per heavy atom. The number of benzene rings is 2. The van der Waals surface area contributed by atoms with Crippen LogP contribution in [-0.2, 0) is 20.0 Å². The molecule has 0 aliphatic carbocycles. The Morgan fingerprint density at radius 1 is 1.10 bits per heavy atom. The van der Waals surface area contributed by atoms with Crippen molar-refractivity contribution in [3.63, 3.8) is 0 Å². The van der Waals surface area contributed by atoms with Crippen LogP contribution >= 0.6 is 0 Å². The minimum Gasteiger partial charge on any atom is -0.345 e. The van der Waals surface area contributed by atoms with Crippen LogP contribution in [0.25, 0.3) is 11.0 Å². The second-order valence-electron chi connectivity index (χ2n) is 7.29. The Balaban J connectivity index is 1.79. The first kappa shape index (κ1) is 20.4. The fourth-order valence-corrected chi connectivity index (χ4v) is 3.23. The van der Waals surface area contributed by atoms with Crippen LogP contribution in [0.4, 0.5) is 10.5 Å². The monoisotopic (exact) mass is 393 g/mol. The van der Waals surface area contributed by atoms with Crippen molar-refractivity contribution in [1.82, 2.24) is 19.4 Å². The van der Waals surface area contributed by atoms with Crippen LogP contribution < -0.4 is 5.32 Å². The quantitative estimate of drug-likeness (QED) is 0.721. The fraction of sp³-hybridized carbons (Fsp3) is 0.318. The molecule has 29 heavy (non-hydrogen) atoms. The summed E-state index contributed by atoms with van der Waals surface area (Å²) in [5.41, 5.74) is 4.16. The van der Waals surface area contributed by atoms with Gasteiger partial charge in [-0.25, -0.2) is 9.78 Å². The summed E-state index contributed by atoms with van der Waals surface area (Å²) in [7, 11) is 7.10. The number of hydrogen-bond donors (Lipinski definition) is 1. The molecule has 152 valence electrons. The van der Waals surface area contributed by atoms with E-state index in [9.17, 15) is 9.59 Å². The maximum atomic E-state index is 12.7. The lowest BCUT2D eigenvalue weighted by Gasteiger charge is -2.19. The number of urea groups is 1. The third kappa shape index (κ3) is 4.23. The minimum atomic E-state index is -0.193. The molecule has 1 N–H and O–H groups in total. The third-order valence-corrected chi connectivity index (χ3v) is 4.99. The first-order valence-electron chi connectivity index (χ1n) is 9.58. The Hall–Kier alpha value is -3.35. The molecule has 3 amide bonds. The average molecular weight is 393 g/mol. The van der Waals surface area contributed by atoms with Gasteiger partial charge in [0.05, 0.1) is 17.6 Å². The molecule has 7 heteroatoms. The maximum Gasteiger partial charge on any atom is 0.321 e. The van der Waals surface area contributed by atoms with E-state index >= 15 is 0 Å². The van der Waals surface area contributed by atoms with Gasteiger partial charge in [0.2, 0.25) is 0 Å². The van der Waals surface area contributed by atoms with Gasteiger partial charge >= 0.3 is 6.03 Å². The summed E-state index contributed by atoms with van der Waals surface area (Å²) in [5, 5.41) is 2.97. The van der Waals surface area contributed by atoms with Gasteiger partial charge in [-0.3, -0.25) is 4.79 Å². The number of aromatic nitrogens is 2. The first-order chi connectivity index (χ1) is 13.8. The molecule has 0 radical (unpaired) electrons. The number of aryl methyl sites for hydroxylation is 2. The Morgan fingerprint density at radius 2 is 1.83 bits per heavy atom. The summed E-state index contributed by atoms with van der Waals surface area (Å²) >= 11 is 0. The smallest absolute Gasteiger partial charge is 0.321 e. The van der Waals surface area contributed by atoms with E-state index < -0.39 is 0 Å². The highest BCUT2D eigenvalue weighted by molar-refractivity contribution is 5.97. The standard InChI is InChI=1S/C22H27N5O2/c1-6-15-9-7-8-10-17(15)24-22(29)26(4)14-20-23-18-13-16(21(28)25(2)3)11-12-19(18)27(20)5/h7-13H,6,14H2,1-5H3,(H,24,29). The van der Waals surface area contributed by atoms with Crippen LogP contribution in [-0.4, -0.2) is 52.4 Å². The Kier molecular flexibility index (Phi) is 5.87. The SMILES string of the molecule is CCc1ccccc1NC(=O)N(C)Cc1nc2cc(C(=O)N(C)C)ccc2n1C. The molecule has 2 aromatic carbocycles. The van der Waals surface area contributed by atoms with E-state index in [2.05, 4.69) is 17.2 Å². The molecular formula is C22H27N5O2. The third-order valence-electron chi connectivity index (χ3n) is 4.99. The number of hydrogen-bond acceptors (Lipinski definition) is 3. The van der Waals surface area contributed by atoms with Gasteiger partial charge in [-0.2, -0.15) is 0 Å². The zero-order valence-corrected chi connectivity index (χ0v) is 17.6. The van der Waals surface area contributed by atoms with Crippen molar-refractivity contribution in [2.24, 2.45) is 7.05 Å². The molecule has 0 aliphatic rings. The predicted octanol–water partition coefficient (Wildman–Crippen LogP) is 3.50. The summed E-state index contributed by atoms with van der Waals surface area (Å²) in [6.45, 7) is 2.41. The van der Waals surface area contributed by atoms with E-state index in [0.29, 0.717) is 12.1 Å². The second-order valence-corrected chi connectivity index (χ2v) is 7.29. The lowest BCUT2D eigenvalue weighted by molar-refractivity contribution is 0.0827. The van der Waals surface area contributed by atoms with Gasteiger partial charge in [-0.05, 0) is 36.2 Å². The molecule has 1 heterocycles. The van der Waals surface area contributed by atoms with Crippen LogP contribution in [0.5, 0.6) is 0 Å². The minimum absolute atomic E-state index is 0.0646. The molecule has 3 rings (SSSR count). The molecule has 0 bridgehead atoms. The van der Waals surface area contributed by atoms with Gasteiger partial charge < -0.3 is 19.7 Å². The van der Waals surface area contributed by atoms with Crippen LogP contribution in [0.2, 0.25) is 0 Å². The lowest BCUT2D eigenvalue weighted by atomic mass is 10.1. The fourth-order valence-electron chi connectivity index (χ4n) is 3.23. The number of nitrogens with one attached hydrogen (secondary N) is 1. The van der Waals surface area contributed by atoms with Crippen LogP contribution in [0.3, 0.4) is 0 Å². The van der Waals surface area contributed by atoms with E-state index in [-0.39, 0.29) is 11.9 Å². The first-order valence-corrected chi connectivity index (χ1v) is 9.58. The zero-order chi connectivity index (χ0) is 21.1. The number of anilines is 1. The van der Waals surface area contributed by atoms with Crippen LogP contribution in [0, 0.1) is 0 Å². The van der Waals surface area contributed by atoms with Crippen molar-refractivity contribution in [2.45, 2.75) is 19.9 Å². The van der Waals surface area contributed by atoms with E-state index in [1.54, 1.807) is 38.2 Å². The second kappa shape index (κ2) is 8.34. The molecule has 0 saturated carbocycles. The van der Waals surface area contributed by atoms with Crippen LogP contribution in [0.15, 0.2) is 42.5 Å². The summed E-state index contributed by atoms with van der Waals surface area (Å²) in [6, 6.07) is 13.1. The summed E-state index contributed by atoms with van der Waals surface area (Å²) < 4.78 is 1.95. The topological polar surface area (TPSA) is 70.5 Å². The van der Waals surface area contributed by atoms with Gasteiger partial charge in [0.25, 0.3) is 5.91 Å². The number of imidazole rings is 1. The van der Waals surface area contributed by atoms with Gasteiger partial charge in [-0.1, -0.05) is 25.1 Å². The van der Waals surface area contributed by atoms with Crippen molar-refractivity contribution < 1.29 is 9.59 Å². The molecule has 0 fully saturated rings. The number of amides is 3. The van der Waals surface area contributed by atoms with E-state index in [1.165, 1.54) is 4.90 Å². The lowest BCUT2D eigenvalue weighted by Crippen LogP contribution is -2.32. The van der Waals surface area contributed by atoms with Crippen molar-refractivity contribution >= 4 is 28.7 Å². The summed E-state index contributed by atoms with van der Waals surface area (Å²) in [4.78, 5) is 32.6. The highest BCUT2D eigenvalue weighted by atomic mass is 16.2. The van der Waals surface area contributed by atoms with E-state index in [1.807, 2.05) is 41.9 Å². The predicted molar refractivity (Wildman–Crippen MR) is 115 cm³/mol. The summed E-state index contributed by atoms with van der Waals surface area (Å²) in [5.74, 6) is 0.682. The number of para-hydroxylation sites is 1. The molecule has 7 nitrogen and oxygen atoms in total. The highest BCUT2D eigenvalue weighted by Gasteiger charge is 2.16. The van der Waals surface area contributed by atoms with Gasteiger partial charge in [0.1, 0.15) is 5.82 Å². The van der Waals surface area contributed by atoms with Gasteiger partial charge in [-0.15, -0.1) is 0 Å². The molecule has 3 aromatic rings. The number of fused-ring (bicyclic) bond motifs is 1. The van der Waals surface area contributed by atoms with Crippen molar-refractivity contribution in [3.8, 4) is 0 Å². The molecule has 0 aliphatic heterocycles. The maximum absolute atomic E-state index is 12.7. The molecule has 0 saturated heterocycles. The normalized spacial score (nSPS) is 10.8. The van der Waals surface area contributed by atoms with Crippen molar-refractivity contribution in [1.29, 1.82) is 0 Å². The van der Waals surface area contributed by atoms with Gasteiger partial charge in [0, 0.05) is 39.4 Å². The highest BCUT2D eigenvalue weighted by Crippen LogP contribution is 2.20. The van der Waals surface area contributed by atoms with Crippen molar-refractivity contribution in [3.05, 3.63) is 59.4 Å². The van der Waals surface area contributed by atoms with E-state index in [0.717, 1.165) is 34.5 Å². The molecule has 0 atom stereocenters. The molecular weight excluding hydrogens is 366 g/mol. The Bertz CT molecular complexity index is 1050. The number of carbonyl (C=O) groups is 2. The summed E-state index contributed by atoms with van der Waals surface area (Å²) in [6.07, 6.45) is 0.846. The number of carbonyl (C=O) groups excluding carboxylic acids is 2. The molecule has 1 aromatic heterocycles. The number of nitrogens with zero attached hydrogens (tertiary/aromatic N) is 4. The number of rotatable bonds is 5. The average Bonchev–Trinajstić information content (AvgIpc) is 3.02. The largest absolute Gasteiger partial charge is 0.345 e. The Labute approximate surface area is 170 Å².